The summed E-state index contributed by atoms with van der Waals surface area (Å²) in [7, 11) is 0. The van der Waals surface area contributed by atoms with Crippen molar-refractivity contribution in [3.63, 3.8) is 0 Å². The maximum absolute atomic E-state index is 13.0. The van der Waals surface area contributed by atoms with E-state index in [1.165, 1.54) is 36.4 Å². The number of amides is 1. The van der Waals surface area contributed by atoms with Crippen LogP contribution in [-0.2, 0) is 6.18 Å². The number of halogens is 4. The number of benzene rings is 3. The van der Waals surface area contributed by atoms with Crippen molar-refractivity contribution < 1.29 is 27.9 Å². The van der Waals surface area contributed by atoms with Crippen molar-refractivity contribution in [2.45, 2.75) is 6.18 Å². The second kappa shape index (κ2) is 8.46. The number of alkyl halides is 3. The second-order valence-corrected chi connectivity index (χ2v) is 6.65. The standard InChI is InChI=1S/C21H14ClF3N2O3/c22-18-8-7-16(11-17(18)21(23,24)25)26-14-5-1-3-12(9-14)19(28)27-15-6-2-4-13(10-15)20(29)30/h1-11,26H,(H,27,28)(H,29,30). The third-order valence-corrected chi connectivity index (χ3v) is 4.38. The lowest BCUT2D eigenvalue weighted by Crippen LogP contribution is -2.12. The normalized spacial score (nSPS) is 11.1. The van der Waals surface area contributed by atoms with Gasteiger partial charge in [0, 0.05) is 22.6 Å². The minimum atomic E-state index is -4.60. The molecule has 0 fully saturated rings. The molecule has 5 nitrogen and oxygen atoms in total. The topological polar surface area (TPSA) is 78.4 Å². The molecule has 1 amide bonds. The number of carbonyl (C=O) groups is 2. The van der Waals surface area contributed by atoms with Crippen molar-refractivity contribution in [1.29, 1.82) is 0 Å². The van der Waals surface area contributed by atoms with Crippen LogP contribution in [0.1, 0.15) is 26.3 Å². The van der Waals surface area contributed by atoms with Gasteiger partial charge in [-0.1, -0.05) is 23.7 Å². The molecule has 0 spiro atoms. The Hall–Kier alpha value is -3.52. The van der Waals surface area contributed by atoms with E-state index in [-0.39, 0.29) is 16.8 Å². The van der Waals surface area contributed by atoms with E-state index in [1.54, 1.807) is 18.2 Å². The molecular weight excluding hydrogens is 421 g/mol. The van der Waals surface area contributed by atoms with Crippen LogP contribution in [-0.4, -0.2) is 17.0 Å². The molecule has 3 N–H and O–H groups in total. The zero-order chi connectivity index (χ0) is 21.9. The van der Waals surface area contributed by atoms with Crippen molar-refractivity contribution in [2.24, 2.45) is 0 Å². The number of anilines is 3. The van der Waals surface area contributed by atoms with Crippen LogP contribution in [0.5, 0.6) is 0 Å². The Morgan fingerprint density at radius 2 is 1.43 bits per heavy atom. The van der Waals surface area contributed by atoms with Crippen LogP contribution in [0.3, 0.4) is 0 Å². The van der Waals surface area contributed by atoms with Gasteiger partial charge in [-0.25, -0.2) is 4.79 Å². The fourth-order valence-electron chi connectivity index (χ4n) is 2.66. The first-order chi connectivity index (χ1) is 14.1. The monoisotopic (exact) mass is 434 g/mol. The number of carboxylic acids is 1. The van der Waals surface area contributed by atoms with Crippen LogP contribution in [0.4, 0.5) is 30.2 Å². The van der Waals surface area contributed by atoms with Crippen LogP contribution in [0.15, 0.2) is 66.7 Å². The summed E-state index contributed by atoms with van der Waals surface area (Å²) < 4.78 is 39.1. The van der Waals surface area contributed by atoms with E-state index in [1.807, 2.05) is 0 Å². The highest BCUT2D eigenvalue weighted by molar-refractivity contribution is 6.31. The van der Waals surface area contributed by atoms with E-state index >= 15 is 0 Å². The number of aromatic carboxylic acids is 1. The smallest absolute Gasteiger partial charge is 0.417 e. The van der Waals surface area contributed by atoms with Gasteiger partial charge in [0.05, 0.1) is 16.1 Å². The van der Waals surface area contributed by atoms with Crippen LogP contribution in [0.25, 0.3) is 0 Å². The number of rotatable bonds is 5. The highest BCUT2D eigenvalue weighted by Gasteiger charge is 2.33. The third-order valence-electron chi connectivity index (χ3n) is 4.05. The fraction of sp³-hybridized carbons (Fsp3) is 0.0476. The highest BCUT2D eigenvalue weighted by atomic mass is 35.5. The average molecular weight is 435 g/mol. The number of carboxylic acid groups (broad SMARTS) is 1. The molecule has 0 saturated carbocycles. The molecule has 0 bridgehead atoms. The summed E-state index contributed by atoms with van der Waals surface area (Å²) in [5, 5.41) is 14.0. The molecule has 0 aromatic heterocycles. The molecule has 0 aliphatic heterocycles. The number of hydrogen-bond acceptors (Lipinski definition) is 3. The molecule has 0 radical (unpaired) electrons. The van der Waals surface area contributed by atoms with Gasteiger partial charge in [-0.05, 0) is 54.6 Å². The maximum atomic E-state index is 13.0. The van der Waals surface area contributed by atoms with Gasteiger partial charge in [0.2, 0.25) is 0 Å². The van der Waals surface area contributed by atoms with Gasteiger partial charge in [0.25, 0.3) is 5.91 Å². The molecule has 30 heavy (non-hydrogen) atoms. The van der Waals surface area contributed by atoms with E-state index in [4.69, 9.17) is 16.7 Å². The maximum Gasteiger partial charge on any atom is 0.417 e. The molecule has 0 saturated heterocycles. The van der Waals surface area contributed by atoms with Gasteiger partial charge < -0.3 is 15.7 Å². The Morgan fingerprint density at radius 3 is 2.10 bits per heavy atom. The molecule has 0 aliphatic carbocycles. The lowest BCUT2D eigenvalue weighted by Gasteiger charge is -2.13. The van der Waals surface area contributed by atoms with Gasteiger partial charge in [-0.15, -0.1) is 0 Å². The van der Waals surface area contributed by atoms with E-state index in [2.05, 4.69) is 10.6 Å². The molecule has 3 rings (SSSR count). The zero-order valence-corrected chi connectivity index (χ0v) is 15.9. The summed E-state index contributed by atoms with van der Waals surface area (Å²) in [6.07, 6.45) is -4.60. The van der Waals surface area contributed by atoms with E-state index in [0.29, 0.717) is 11.4 Å². The molecule has 3 aromatic rings. The number of hydrogen-bond donors (Lipinski definition) is 3. The molecule has 0 atom stereocenters. The van der Waals surface area contributed by atoms with Gasteiger partial charge in [0.15, 0.2) is 0 Å². The molecule has 154 valence electrons. The summed E-state index contributed by atoms with van der Waals surface area (Å²) in [5.41, 5.74) is 0.111. The number of nitrogens with one attached hydrogen (secondary N) is 2. The molecule has 3 aromatic carbocycles. The SMILES string of the molecule is O=C(O)c1cccc(NC(=O)c2cccc(Nc3ccc(Cl)c(C(F)(F)F)c3)c2)c1. The predicted octanol–water partition coefficient (Wildman–Crippen LogP) is 6.05. The summed E-state index contributed by atoms with van der Waals surface area (Å²) in [6, 6.07) is 15.3. The fourth-order valence-corrected chi connectivity index (χ4v) is 2.88. The number of carbonyl (C=O) groups excluding carboxylic acids is 1. The second-order valence-electron chi connectivity index (χ2n) is 6.24. The van der Waals surface area contributed by atoms with Gasteiger partial charge in [-0.2, -0.15) is 13.2 Å². The largest absolute Gasteiger partial charge is 0.478 e. The molecule has 0 unspecified atom stereocenters. The minimum absolute atomic E-state index is 0.0198. The molecule has 9 heteroatoms. The molecular formula is C21H14ClF3N2O3. The Bertz CT molecular complexity index is 1120. The highest BCUT2D eigenvalue weighted by Crippen LogP contribution is 2.36. The summed E-state index contributed by atoms with van der Waals surface area (Å²) in [5.74, 6) is -1.63. The van der Waals surface area contributed by atoms with Crippen molar-refractivity contribution in [1.82, 2.24) is 0 Å². The van der Waals surface area contributed by atoms with Gasteiger partial charge in [-0.3, -0.25) is 4.79 Å². The van der Waals surface area contributed by atoms with Crippen LogP contribution in [0.2, 0.25) is 5.02 Å². The van der Waals surface area contributed by atoms with Crippen molar-refractivity contribution in [2.75, 3.05) is 10.6 Å². The average Bonchev–Trinajstić information content (AvgIpc) is 2.69. The Labute approximate surface area is 174 Å². The quantitative estimate of drug-likeness (QED) is 0.456. The lowest BCUT2D eigenvalue weighted by molar-refractivity contribution is -0.137. The first-order valence-corrected chi connectivity index (χ1v) is 8.90. The Morgan fingerprint density at radius 1 is 0.833 bits per heavy atom. The summed E-state index contributed by atoms with van der Waals surface area (Å²) in [4.78, 5) is 23.5. The van der Waals surface area contributed by atoms with Crippen molar-refractivity contribution in [3.05, 3.63) is 88.4 Å². The Balaban J connectivity index is 1.79. The first-order valence-electron chi connectivity index (χ1n) is 8.52. The molecule has 0 heterocycles. The molecule has 0 aliphatic rings. The third kappa shape index (κ3) is 5.09. The summed E-state index contributed by atoms with van der Waals surface area (Å²) >= 11 is 5.62. The predicted molar refractivity (Wildman–Crippen MR) is 108 cm³/mol. The van der Waals surface area contributed by atoms with Gasteiger partial charge >= 0.3 is 12.1 Å². The summed E-state index contributed by atoms with van der Waals surface area (Å²) in [6.45, 7) is 0. The van der Waals surface area contributed by atoms with E-state index in [9.17, 15) is 22.8 Å². The first kappa shape index (κ1) is 21.2. The van der Waals surface area contributed by atoms with Crippen LogP contribution < -0.4 is 10.6 Å². The minimum Gasteiger partial charge on any atom is -0.478 e. The van der Waals surface area contributed by atoms with Crippen LogP contribution in [0, 0.1) is 0 Å². The lowest BCUT2D eigenvalue weighted by atomic mass is 10.1. The van der Waals surface area contributed by atoms with Gasteiger partial charge in [0.1, 0.15) is 0 Å². The van der Waals surface area contributed by atoms with E-state index in [0.717, 1.165) is 12.1 Å². The van der Waals surface area contributed by atoms with Crippen molar-refractivity contribution >= 4 is 40.5 Å². The van der Waals surface area contributed by atoms with E-state index < -0.39 is 28.6 Å². The van der Waals surface area contributed by atoms with Crippen LogP contribution >= 0.6 is 11.6 Å². The zero-order valence-electron chi connectivity index (χ0n) is 15.1. The Kier molecular flexibility index (Phi) is 5.98. The van der Waals surface area contributed by atoms with Crippen molar-refractivity contribution in [3.8, 4) is 0 Å².